The van der Waals surface area contributed by atoms with Gasteiger partial charge in [0.15, 0.2) is 0 Å². The number of rotatable bonds is 5. The Morgan fingerprint density at radius 2 is 1.94 bits per heavy atom. The third kappa shape index (κ3) is 4.77. The van der Waals surface area contributed by atoms with E-state index in [0.29, 0.717) is 44.8 Å². The highest BCUT2D eigenvalue weighted by molar-refractivity contribution is 5.90. The van der Waals surface area contributed by atoms with Gasteiger partial charge in [0.25, 0.3) is 0 Å². The molecule has 180 valence electrons. The molecule has 2 aromatic rings. The van der Waals surface area contributed by atoms with Crippen LogP contribution in [0.25, 0.3) is 11.3 Å². The lowest BCUT2D eigenvalue weighted by Gasteiger charge is -2.33. The van der Waals surface area contributed by atoms with Crippen LogP contribution in [-0.4, -0.2) is 65.3 Å². The van der Waals surface area contributed by atoms with Crippen molar-refractivity contribution in [2.24, 2.45) is 0 Å². The minimum atomic E-state index is -0.181. The average Bonchev–Trinajstić information content (AvgIpc) is 3.53. The van der Waals surface area contributed by atoms with Crippen LogP contribution in [0.2, 0.25) is 0 Å². The summed E-state index contributed by atoms with van der Waals surface area (Å²) in [4.78, 5) is 38.4. The maximum Gasteiger partial charge on any atom is 0.319 e. The van der Waals surface area contributed by atoms with Crippen LogP contribution in [0, 0.1) is 0 Å². The molecule has 10 heteroatoms. The van der Waals surface area contributed by atoms with Crippen molar-refractivity contribution in [3.05, 3.63) is 35.5 Å². The van der Waals surface area contributed by atoms with Crippen LogP contribution in [-0.2, 0) is 17.8 Å². The molecular weight excluding hydrogens is 434 g/mol. The average molecular weight is 466 g/mol. The fraction of sp³-hybridized carbons (Fsp3) is 0.500. The van der Waals surface area contributed by atoms with Gasteiger partial charge in [-0.15, -0.1) is 0 Å². The molecule has 3 aliphatic rings. The van der Waals surface area contributed by atoms with E-state index < -0.39 is 0 Å². The summed E-state index contributed by atoms with van der Waals surface area (Å²) in [5.41, 5.74) is 4.30. The zero-order valence-electron chi connectivity index (χ0n) is 19.6. The topological polar surface area (TPSA) is 112 Å². The van der Waals surface area contributed by atoms with Crippen molar-refractivity contribution in [2.75, 3.05) is 36.5 Å². The molecule has 10 nitrogen and oxygen atoms in total. The van der Waals surface area contributed by atoms with E-state index in [0.717, 1.165) is 47.6 Å². The van der Waals surface area contributed by atoms with Gasteiger partial charge < -0.3 is 30.5 Å². The van der Waals surface area contributed by atoms with E-state index in [4.69, 9.17) is 14.7 Å². The first kappa shape index (κ1) is 22.4. The molecule has 2 aliphatic heterocycles. The maximum atomic E-state index is 12.5. The van der Waals surface area contributed by atoms with Gasteiger partial charge in [0.1, 0.15) is 0 Å². The van der Waals surface area contributed by atoms with Gasteiger partial charge >= 0.3 is 12.1 Å². The standard InChI is InChI=1S/C24H31N7O3/c1-3-25-24(33)30-12-19-20(13-30)28-22(31-10-11-34-14-15(31)2)29-21(19)16-4-6-17(7-5-16)26-23(32)27-18-8-9-18/h4-7,15,18H,3,8-14H2,1-2H3,(H,25,33)(H2,26,27,32)/t15-/m0/s1. The quantitative estimate of drug-likeness (QED) is 0.626. The highest BCUT2D eigenvalue weighted by Gasteiger charge is 2.31. The molecule has 1 saturated heterocycles. The summed E-state index contributed by atoms with van der Waals surface area (Å²) in [7, 11) is 0. The molecule has 5 rings (SSSR count). The molecule has 1 saturated carbocycles. The number of fused-ring (bicyclic) bond motifs is 1. The third-order valence-electron chi connectivity index (χ3n) is 6.34. The molecular formula is C24H31N7O3. The van der Waals surface area contributed by atoms with Crippen LogP contribution in [0.15, 0.2) is 24.3 Å². The first-order valence-corrected chi connectivity index (χ1v) is 12.0. The Labute approximate surface area is 199 Å². The van der Waals surface area contributed by atoms with E-state index in [1.807, 2.05) is 31.2 Å². The minimum Gasteiger partial charge on any atom is -0.377 e. The van der Waals surface area contributed by atoms with Crippen molar-refractivity contribution in [1.82, 2.24) is 25.5 Å². The lowest BCUT2D eigenvalue weighted by molar-refractivity contribution is 0.0980. The summed E-state index contributed by atoms with van der Waals surface area (Å²) in [5, 5.41) is 8.69. The van der Waals surface area contributed by atoms with Crippen molar-refractivity contribution in [3.63, 3.8) is 0 Å². The second-order valence-corrected chi connectivity index (χ2v) is 9.06. The number of carbonyl (C=O) groups excluding carboxylic acids is 2. The molecule has 3 N–H and O–H groups in total. The molecule has 0 radical (unpaired) electrons. The summed E-state index contributed by atoms with van der Waals surface area (Å²) in [5.74, 6) is 0.660. The SMILES string of the molecule is CCNC(=O)N1Cc2nc(N3CCOC[C@@H]3C)nc(-c3ccc(NC(=O)NC4CC4)cc3)c2C1. The molecule has 3 heterocycles. The van der Waals surface area contributed by atoms with Gasteiger partial charge in [0.05, 0.1) is 43.7 Å². The zero-order chi connectivity index (χ0) is 23.7. The molecule has 0 bridgehead atoms. The second-order valence-electron chi connectivity index (χ2n) is 9.06. The molecule has 1 aromatic carbocycles. The Hall–Kier alpha value is -3.40. The number of aromatic nitrogens is 2. The number of ether oxygens (including phenoxy) is 1. The number of anilines is 2. The highest BCUT2D eigenvalue weighted by atomic mass is 16.5. The Kier molecular flexibility index (Phi) is 6.23. The van der Waals surface area contributed by atoms with Crippen molar-refractivity contribution in [2.45, 2.75) is 51.9 Å². The van der Waals surface area contributed by atoms with Crippen molar-refractivity contribution in [3.8, 4) is 11.3 Å². The number of urea groups is 2. The third-order valence-corrected chi connectivity index (χ3v) is 6.34. The van der Waals surface area contributed by atoms with E-state index >= 15 is 0 Å². The van der Waals surface area contributed by atoms with E-state index in [9.17, 15) is 9.59 Å². The van der Waals surface area contributed by atoms with Gasteiger partial charge in [-0.1, -0.05) is 12.1 Å². The van der Waals surface area contributed by atoms with Crippen LogP contribution < -0.4 is 20.9 Å². The normalized spacial score (nSPS) is 19.5. The summed E-state index contributed by atoms with van der Waals surface area (Å²) in [6, 6.07) is 7.85. The maximum absolute atomic E-state index is 12.5. The van der Waals surface area contributed by atoms with Gasteiger partial charge in [-0.05, 0) is 38.8 Å². The van der Waals surface area contributed by atoms with Gasteiger partial charge in [-0.2, -0.15) is 0 Å². The Balaban J connectivity index is 1.44. The fourth-order valence-corrected chi connectivity index (χ4v) is 4.33. The first-order valence-electron chi connectivity index (χ1n) is 12.0. The Bertz CT molecular complexity index is 1070. The monoisotopic (exact) mass is 465 g/mol. The second kappa shape index (κ2) is 9.46. The molecule has 1 atom stereocenters. The highest BCUT2D eigenvalue weighted by Crippen LogP contribution is 2.33. The van der Waals surface area contributed by atoms with Crippen LogP contribution in [0.1, 0.15) is 37.9 Å². The fourth-order valence-electron chi connectivity index (χ4n) is 4.33. The molecule has 0 unspecified atom stereocenters. The summed E-state index contributed by atoms with van der Waals surface area (Å²) in [6.07, 6.45) is 2.09. The lowest BCUT2D eigenvalue weighted by atomic mass is 10.1. The molecule has 1 aromatic heterocycles. The van der Waals surface area contributed by atoms with Gasteiger partial charge in [0, 0.05) is 35.9 Å². The van der Waals surface area contributed by atoms with Crippen molar-refractivity contribution >= 4 is 23.7 Å². The number of amides is 4. The van der Waals surface area contributed by atoms with Gasteiger partial charge in [0.2, 0.25) is 5.95 Å². The molecule has 0 spiro atoms. The molecule has 34 heavy (non-hydrogen) atoms. The predicted molar refractivity (Wildman–Crippen MR) is 129 cm³/mol. The molecule has 2 fully saturated rings. The Morgan fingerprint density at radius 1 is 1.15 bits per heavy atom. The predicted octanol–water partition coefficient (Wildman–Crippen LogP) is 2.70. The molecule has 1 aliphatic carbocycles. The Morgan fingerprint density at radius 3 is 2.65 bits per heavy atom. The van der Waals surface area contributed by atoms with Crippen LogP contribution in [0.3, 0.4) is 0 Å². The van der Waals surface area contributed by atoms with Crippen molar-refractivity contribution in [1.29, 1.82) is 0 Å². The van der Waals surface area contributed by atoms with Crippen LogP contribution in [0.5, 0.6) is 0 Å². The first-order chi connectivity index (χ1) is 16.5. The van der Waals surface area contributed by atoms with Crippen molar-refractivity contribution < 1.29 is 14.3 Å². The van der Waals surface area contributed by atoms with E-state index in [-0.39, 0.29) is 18.1 Å². The van der Waals surface area contributed by atoms with Gasteiger partial charge in [-0.3, -0.25) is 0 Å². The minimum absolute atomic E-state index is 0.103. The molecule has 4 amide bonds. The largest absolute Gasteiger partial charge is 0.377 e. The number of hydrogen-bond acceptors (Lipinski definition) is 6. The van der Waals surface area contributed by atoms with Crippen LogP contribution in [0.4, 0.5) is 21.2 Å². The zero-order valence-corrected chi connectivity index (χ0v) is 19.6. The van der Waals surface area contributed by atoms with Gasteiger partial charge in [-0.25, -0.2) is 19.6 Å². The van der Waals surface area contributed by atoms with Crippen LogP contribution >= 0.6 is 0 Å². The number of morpholine rings is 1. The van der Waals surface area contributed by atoms with E-state index in [1.165, 1.54) is 0 Å². The number of benzene rings is 1. The number of carbonyl (C=O) groups is 2. The smallest absolute Gasteiger partial charge is 0.319 e. The lowest BCUT2D eigenvalue weighted by Crippen LogP contribution is -2.44. The van der Waals surface area contributed by atoms with E-state index in [2.05, 4.69) is 27.8 Å². The summed E-state index contributed by atoms with van der Waals surface area (Å²) < 4.78 is 5.59. The number of nitrogens with one attached hydrogen (secondary N) is 3. The van der Waals surface area contributed by atoms with E-state index in [1.54, 1.807) is 4.90 Å². The summed E-state index contributed by atoms with van der Waals surface area (Å²) >= 11 is 0. The number of nitrogens with zero attached hydrogens (tertiary/aromatic N) is 4. The number of hydrogen-bond donors (Lipinski definition) is 3. The summed E-state index contributed by atoms with van der Waals surface area (Å²) in [6.45, 7) is 7.47.